The Bertz CT molecular complexity index is 2130. The molecule has 0 radical (unpaired) electrons. The Morgan fingerprint density at radius 2 is 1.06 bits per heavy atom. The number of hydrogen-bond acceptors (Lipinski definition) is 12. The number of methoxy groups -OCH3 is 1. The topological polar surface area (TPSA) is 249 Å². The lowest BCUT2D eigenvalue weighted by Gasteiger charge is -2.41. The summed E-state index contributed by atoms with van der Waals surface area (Å²) in [5.74, 6) is -1.07. The Morgan fingerprint density at radius 1 is 0.614 bits per heavy atom. The SMILES string of the molecule is C#CC[C@@H](NC(=O)[C@@H](Cc1ccccc1)NC(=O)C(Cc1ccccc1)NC(=O)OC(C)(C)C)C(=O)N[C@H](CCCCNC(=O)OC(C)(C)C)C(=O)N1CCC(NC(=O)OC(C)(C)C)(C(=O)OC)CC1. The minimum absolute atomic E-state index is 0.0173. The minimum atomic E-state index is -1.50. The van der Waals surface area contributed by atoms with Gasteiger partial charge in [-0.15, -0.1) is 12.3 Å². The number of ether oxygens (including phenoxy) is 4. The second-order valence-electron chi connectivity index (χ2n) is 20.1. The molecule has 7 amide bonds. The first kappa shape index (κ1) is 57.5. The standard InChI is InChI=1S/C51H73N7O12/c1-12-21-36(53-41(60)38(32-34-22-15-13-16-23-34)55-42(61)39(33-35-24-17-14-18-25-35)56-46(65)69-49(5,6)7)40(59)54-37(26-19-20-29-52-45(64)68-48(2,3)4)43(62)58-30-27-51(28-31-58,44(63)67-11)57-47(66)70-50(8,9)10/h1,13-18,22-25,36-39H,19-21,26-33H2,2-11H3,(H,52,64)(H,53,60)(H,54,59)(H,55,61)(H,56,65)(H,57,66)/t36-,37-,38-,39?/m1/s1. The van der Waals surface area contributed by atoms with E-state index >= 15 is 0 Å². The molecule has 70 heavy (non-hydrogen) atoms. The van der Waals surface area contributed by atoms with E-state index in [4.69, 9.17) is 25.4 Å². The number of amides is 7. The largest absolute Gasteiger partial charge is 0.467 e. The number of piperidine rings is 1. The molecule has 19 nitrogen and oxygen atoms in total. The number of esters is 1. The average molecular weight is 976 g/mol. The zero-order valence-corrected chi connectivity index (χ0v) is 42.3. The molecule has 1 fully saturated rings. The highest BCUT2D eigenvalue weighted by Gasteiger charge is 2.46. The van der Waals surface area contributed by atoms with Gasteiger partial charge in [0.25, 0.3) is 0 Å². The molecule has 2 aromatic rings. The van der Waals surface area contributed by atoms with E-state index in [2.05, 4.69) is 37.8 Å². The first-order valence-electron chi connectivity index (χ1n) is 23.5. The summed E-state index contributed by atoms with van der Waals surface area (Å²) in [6.45, 7) is 15.5. The number of terminal acetylenes is 1. The highest BCUT2D eigenvalue weighted by Crippen LogP contribution is 2.26. The molecule has 0 aromatic heterocycles. The van der Waals surface area contributed by atoms with Crippen LogP contribution < -0.4 is 31.9 Å². The van der Waals surface area contributed by atoms with Gasteiger partial charge in [-0.2, -0.15) is 0 Å². The fourth-order valence-electron chi connectivity index (χ4n) is 7.35. The number of carbonyl (C=O) groups is 8. The number of carbonyl (C=O) groups excluding carboxylic acids is 8. The number of unbranched alkanes of at least 4 members (excludes halogenated alkanes) is 1. The van der Waals surface area contributed by atoms with Gasteiger partial charge in [-0.05, 0) is 106 Å². The van der Waals surface area contributed by atoms with E-state index in [1.807, 2.05) is 6.07 Å². The van der Waals surface area contributed by atoms with E-state index in [1.165, 1.54) is 12.0 Å². The van der Waals surface area contributed by atoms with E-state index in [0.717, 1.165) is 5.56 Å². The van der Waals surface area contributed by atoms with Crippen LogP contribution in [0.5, 0.6) is 0 Å². The maximum absolute atomic E-state index is 14.4. The number of nitrogens with zero attached hydrogens (tertiary/aromatic N) is 1. The van der Waals surface area contributed by atoms with Crippen molar-refractivity contribution in [1.29, 1.82) is 0 Å². The van der Waals surface area contributed by atoms with Gasteiger partial charge in [0.1, 0.15) is 46.5 Å². The average Bonchev–Trinajstić information content (AvgIpc) is 3.26. The van der Waals surface area contributed by atoms with Crippen LogP contribution in [0.1, 0.15) is 112 Å². The third-order valence-electron chi connectivity index (χ3n) is 10.6. The van der Waals surface area contributed by atoms with E-state index in [-0.39, 0.29) is 58.2 Å². The smallest absolute Gasteiger partial charge is 0.408 e. The first-order chi connectivity index (χ1) is 32.7. The Kier molecular flexibility index (Phi) is 21.5. The second-order valence-corrected chi connectivity index (χ2v) is 20.1. The molecule has 0 spiro atoms. The summed E-state index contributed by atoms with van der Waals surface area (Å²) in [4.78, 5) is 110. The maximum Gasteiger partial charge on any atom is 0.408 e. The molecule has 3 rings (SSSR count). The molecule has 19 heteroatoms. The Labute approximate surface area is 412 Å². The molecule has 1 unspecified atom stereocenters. The monoisotopic (exact) mass is 976 g/mol. The highest BCUT2D eigenvalue weighted by molar-refractivity contribution is 5.96. The summed E-state index contributed by atoms with van der Waals surface area (Å²) in [7, 11) is 1.19. The van der Waals surface area contributed by atoms with Gasteiger partial charge in [-0.3, -0.25) is 19.2 Å². The number of likely N-dealkylation sites (tertiary alicyclic amines) is 1. The lowest BCUT2D eigenvalue weighted by molar-refractivity contribution is -0.153. The van der Waals surface area contributed by atoms with Gasteiger partial charge in [0.05, 0.1) is 7.11 Å². The third-order valence-corrected chi connectivity index (χ3v) is 10.6. The molecular formula is C51H73N7O12. The number of nitrogens with one attached hydrogen (secondary N) is 6. The van der Waals surface area contributed by atoms with Crippen LogP contribution >= 0.6 is 0 Å². The molecule has 0 aliphatic carbocycles. The van der Waals surface area contributed by atoms with Crippen LogP contribution in [0, 0.1) is 12.3 Å². The summed E-state index contributed by atoms with van der Waals surface area (Å²) >= 11 is 0. The number of rotatable bonds is 20. The summed E-state index contributed by atoms with van der Waals surface area (Å²) < 4.78 is 21.2. The van der Waals surface area contributed by atoms with E-state index in [0.29, 0.717) is 18.4 Å². The van der Waals surface area contributed by atoms with Crippen molar-refractivity contribution in [3.63, 3.8) is 0 Å². The fraction of sp³-hybridized carbons (Fsp3) is 0.569. The van der Waals surface area contributed by atoms with Crippen molar-refractivity contribution < 1.29 is 57.3 Å². The van der Waals surface area contributed by atoms with Gasteiger partial charge in [0.15, 0.2) is 0 Å². The molecular weight excluding hydrogens is 903 g/mol. The van der Waals surface area contributed by atoms with Crippen LogP contribution in [0.2, 0.25) is 0 Å². The van der Waals surface area contributed by atoms with Gasteiger partial charge in [0.2, 0.25) is 23.6 Å². The lowest BCUT2D eigenvalue weighted by Crippen LogP contribution is -2.63. The molecule has 2 aromatic carbocycles. The van der Waals surface area contributed by atoms with Gasteiger partial charge in [-0.1, -0.05) is 60.7 Å². The van der Waals surface area contributed by atoms with Crippen LogP contribution in [0.15, 0.2) is 60.7 Å². The summed E-state index contributed by atoms with van der Waals surface area (Å²) in [6, 6.07) is 12.8. The lowest BCUT2D eigenvalue weighted by atomic mass is 9.87. The van der Waals surface area contributed by atoms with Crippen molar-refractivity contribution in [3.05, 3.63) is 71.8 Å². The highest BCUT2D eigenvalue weighted by atomic mass is 16.6. The zero-order chi connectivity index (χ0) is 52.3. The Hall–Kier alpha value is -6.84. The van der Waals surface area contributed by atoms with Crippen LogP contribution in [0.4, 0.5) is 14.4 Å². The summed E-state index contributed by atoms with van der Waals surface area (Å²) in [5.41, 5.74) is -2.54. The van der Waals surface area contributed by atoms with Gasteiger partial charge < -0.3 is 55.7 Å². The second kappa shape index (κ2) is 26.2. The first-order valence-corrected chi connectivity index (χ1v) is 23.5. The normalized spacial score (nSPS) is 15.2. The van der Waals surface area contributed by atoms with Crippen molar-refractivity contribution in [2.75, 3.05) is 26.7 Å². The maximum atomic E-state index is 14.4. The summed E-state index contributed by atoms with van der Waals surface area (Å²) in [6.07, 6.45) is 3.94. The molecule has 0 bridgehead atoms. The molecule has 1 aliphatic rings. The molecule has 6 N–H and O–H groups in total. The van der Waals surface area contributed by atoms with E-state index in [9.17, 15) is 38.4 Å². The van der Waals surface area contributed by atoms with Crippen LogP contribution in [0.3, 0.4) is 0 Å². The van der Waals surface area contributed by atoms with Crippen molar-refractivity contribution in [2.24, 2.45) is 0 Å². The molecule has 1 aliphatic heterocycles. The van der Waals surface area contributed by atoms with E-state index in [1.54, 1.807) is 117 Å². The van der Waals surface area contributed by atoms with Gasteiger partial charge in [0, 0.05) is 38.9 Å². The molecule has 0 saturated carbocycles. The predicted octanol–water partition coefficient (Wildman–Crippen LogP) is 4.60. The summed E-state index contributed by atoms with van der Waals surface area (Å²) in [5, 5.41) is 16.2. The molecule has 1 saturated heterocycles. The van der Waals surface area contributed by atoms with Crippen molar-refractivity contribution in [1.82, 2.24) is 36.8 Å². The minimum Gasteiger partial charge on any atom is -0.467 e. The van der Waals surface area contributed by atoms with Crippen LogP contribution in [-0.2, 0) is 55.8 Å². The predicted molar refractivity (Wildman–Crippen MR) is 261 cm³/mol. The molecule has 4 atom stereocenters. The Balaban J connectivity index is 1.89. The van der Waals surface area contributed by atoms with Crippen molar-refractivity contribution in [2.45, 2.75) is 160 Å². The van der Waals surface area contributed by atoms with Crippen molar-refractivity contribution >= 4 is 47.9 Å². The van der Waals surface area contributed by atoms with Crippen molar-refractivity contribution in [3.8, 4) is 12.3 Å². The van der Waals surface area contributed by atoms with Crippen LogP contribution in [0.25, 0.3) is 0 Å². The molecule has 384 valence electrons. The zero-order valence-electron chi connectivity index (χ0n) is 42.3. The fourth-order valence-corrected chi connectivity index (χ4v) is 7.35. The van der Waals surface area contributed by atoms with Crippen LogP contribution in [-0.4, -0.2) is 126 Å². The van der Waals surface area contributed by atoms with Gasteiger partial charge >= 0.3 is 24.2 Å². The quantitative estimate of drug-likeness (QED) is 0.0462. The number of benzene rings is 2. The number of hydrogen-bond donors (Lipinski definition) is 6. The van der Waals surface area contributed by atoms with E-state index < -0.39 is 94.4 Å². The molecule has 1 heterocycles. The van der Waals surface area contributed by atoms with Gasteiger partial charge in [-0.25, -0.2) is 19.2 Å². The Morgan fingerprint density at radius 3 is 1.54 bits per heavy atom. The number of alkyl carbamates (subject to hydrolysis) is 3. The third kappa shape index (κ3) is 20.4.